The van der Waals surface area contributed by atoms with E-state index in [0.29, 0.717) is 18.7 Å². The van der Waals surface area contributed by atoms with Crippen LogP contribution in [-0.4, -0.2) is 59.1 Å². The van der Waals surface area contributed by atoms with Crippen LogP contribution < -0.4 is 0 Å². The molecule has 0 spiro atoms. The van der Waals surface area contributed by atoms with Crippen molar-refractivity contribution < 1.29 is 14.3 Å². The maximum Gasteiger partial charge on any atom is 0.254 e. The molecular formula is C30H31FN2O2. The topological polar surface area (TPSA) is 43.8 Å². The second kappa shape index (κ2) is 10.5. The van der Waals surface area contributed by atoms with Crippen molar-refractivity contribution in [3.63, 3.8) is 0 Å². The van der Waals surface area contributed by atoms with Crippen molar-refractivity contribution in [2.24, 2.45) is 0 Å². The quantitative estimate of drug-likeness (QED) is 0.530. The minimum Gasteiger partial charge on any atom is -0.395 e. The molecule has 35 heavy (non-hydrogen) atoms. The number of carbonyl (C=O) groups is 1. The van der Waals surface area contributed by atoms with Gasteiger partial charge in [0.05, 0.1) is 6.61 Å². The van der Waals surface area contributed by atoms with Gasteiger partial charge in [0.1, 0.15) is 5.82 Å². The minimum atomic E-state index is -0.396. The Bertz CT molecular complexity index is 1180. The normalized spacial score (nSPS) is 22.8. The lowest BCUT2D eigenvalue weighted by Crippen LogP contribution is -2.67. The largest absolute Gasteiger partial charge is 0.395 e. The van der Waals surface area contributed by atoms with E-state index in [-0.39, 0.29) is 30.5 Å². The number of hydrogen-bond donors (Lipinski definition) is 1. The van der Waals surface area contributed by atoms with Crippen LogP contribution in [0.1, 0.15) is 45.8 Å². The number of benzene rings is 3. The maximum absolute atomic E-state index is 13.7. The van der Waals surface area contributed by atoms with Crippen molar-refractivity contribution in [2.45, 2.75) is 30.8 Å². The van der Waals surface area contributed by atoms with Gasteiger partial charge in [0.25, 0.3) is 5.91 Å². The number of carbonyl (C=O) groups excluding carboxylic acids is 1. The highest BCUT2D eigenvalue weighted by atomic mass is 19.1. The van der Waals surface area contributed by atoms with Gasteiger partial charge in [-0.25, -0.2) is 4.39 Å². The number of amides is 1. The van der Waals surface area contributed by atoms with E-state index < -0.39 is 5.82 Å². The van der Waals surface area contributed by atoms with E-state index >= 15 is 0 Å². The lowest BCUT2D eigenvalue weighted by molar-refractivity contribution is -0.0606. The molecule has 3 aromatic rings. The van der Waals surface area contributed by atoms with E-state index in [9.17, 15) is 14.3 Å². The van der Waals surface area contributed by atoms with Gasteiger partial charge < -0.3 is 10.0 Å². The van der Waals surface area contributed by atoms with E-state index in [0.717, 1.165) is 30.5 Å². The number of nitrogens with zero attached hydrogens (tertiary/aromatic N) is 2. The summed E-state index contributed by atoms with van der Waals surface area (Å²) in [5.74, 6) is -0.375. The van der Waals surface area contributed by atoms with Crippen LogP contribution in [0.25, 0.3) is 12.2 Å². The van der Waals surface area contributed by atoms with Crippen LogP contribution in [0.5, 0.6) is 0 Å². The number of fused-ring (bicyclic) bond motifs is 1. The first-order valence-electron chi connectivity index (χ1n) is 12.4. The SMILES string of the molecule is O=C(c1cccc(F)c1)N1CCCCN2[C@H](CO)[C@H](c3ccc(/C=C/c4ccccc4)cc3)[C@H]2C1. The molecule has 0 aliphatic carbocycles. The zero-order chi connectivity index (χ0) is 24.2. The van der Waals surface area contributed by atoms with Crippen molar-refractivity contribution in [3.05, 3.63) is 107 Å². The molecular weight excluding hydrogens is 439 g/mol. The third kappa shape index (κ3) is 5.07. The van der Waals surface area contributed by atoms with Gasteiger partial charge in [0, 0.05) is 36.7 Å². The Balaban J connectivity index is 1.34. The number of rotatable bonds is 5. The molecule has 0 bridgehead atoms. The van der Waals surface area contributed by atoms with Crippen molar-refractivity contribution in [1.82, 2.24) is 9.80 Å². The van der Waals surface area contributed by atoms with Gasteiger partial charge in [-0.2, -0.15) is 0 Å². The molecule has 5 rings (SSSR count). The van der Waals surface area contributed by atoms with E-state index in [1.54, 1.807) is 12.1 Å². The van der Waals surface area contributed by atoms with E-state index in [4.69, 9.17) is 0 Å². The smallest absolute Gasteiger partial charge is 0.254 e. The predicted molar refractivity (Wildman–Crippen MR) is 137 cm³/mol. The van der Waals surface area contributed by atoms with Gasteiger partial charge >= 0.3 is 0 Å². The molecule has 1 amide bonds. The fourth-order valence-corrected chi connectivity index (χ4v) is 5.51. The van der Waals surface area contributed by atoms with Crippen LogP contribution in [0, 0.1) is 5.82 Å². The molecule has 2 fully saturated rings. The van der Waals surface area contributed by atoms with E-state index in [1.807, 2.05) is 23.1 Å². The molecule has 0 aromatic heterocycles. The van der Waals surface area contributed by atoms with Gasteiger partial charge in [-0.15, -0.1) is 0 Å². The summed E-state index contributed by atoms with van der Waals surface area (Å²) >= 11 is 0. The molecule has 3 aromatic carbocycles. The van der Waals surface area contributed by atoms with Crippen molar-refractivity contribution >= 4 is 18.1 Å². The lowest BCUT2D eigenvalue weighted by atomic mass is 9.74. The van der Waals surface area contributed by atoms with Gasteiger partial charge in [-0.05, 0) is 54.3 Å². The Morgan fingerprint density at radius 3 is 2.34 bits per heavy atom. The van der Waals surface area contributed by atoms with Crippen LogP contribution in [-0.2, 0) is 0 Å². The fourth-order valence-electron chi connectivity index (χ4n) is 5.51. The third-order valence-electron chi connectivity index (χ3n) is 7.32. The average molecular weight is 471 g/mol. The molecule has 180 valence electrons. The molecule has 2 saturated heterocycles. The summed E-state index contributed by atoms with van der Waals surface area (Å²) in [6, 6.07) is 24.9. The highest BCUT2D eigenvalue weighted by Crippen LogP contribution is 2.42. The number of aliphatic hydroxyl groups excluding tert-OH is 1. The standard InChI is InChI=1S/C30H31FN2O2/c31-26-10-6-9-25(19-26)30(35)32-17-4-5-18-33-27(20-32)29(28(33)21-34)24-15-13-23(14-16-24)12-11-22-7-2-1-3-8-22/h1-3,6-16,19,27-29,34H,4-5,17-18,20-21H2/b12-11+/t27-,28-,29-/m1/s1. The number of halogens is 1. The number of hydrogen-bond acceptors (Lipinski definition) is 3. The molecule has 4 nitrogen and oxygen atoms in total. The van der Waals surface area contributed by atoms with Crippen molar-refractivity contribution in [1.29, 1.82) is 0 Å². The number of aliphatic hydroxyl groups is 1. The van der Waals surface area contributed by atoms with Gasteiger partial charge in [-0.1, -0.05) is 72.8 Å². The van der Waals surface area contributed by atoms with Crippen LogP contribution in [0.4, 0.5) is 4.39 Å². The molecule has 1 N–H and O–H groups in total. The molecule has 0 unspecified atom stereocenters. The average Bonchev–Trinajstić information content (AvgIpc) is 2.87. The second-order valence-corrected chi connectivity index (χ2v) is 9.46. The predicted octanol–water partition coefficient (Wildman–Crippen LogP) is 5.06. The third-order valence-corrected chi connectivity index (χ3v) is 7.32. The first-order chi connectivity index (χ1) is 17.1. The Morgan fingerprint density at radius 2 is 1.63 bits per heavy atom. The van der Waals surface area contributed by atoms with Crippen LogP contribution in [0.15, 0.2) is 78.9 Å². The Labute approximate surface area is 206 Å². The summed E-state index contributed by atoms with van der Waals surface area (Å²) in [5, 5.41) is 10.2. The first kappa shape index (κ1) is 23.5. The summed E-state index contributed by atoms with van der Waals surface area (Å²) < 4.78 is 13.7. The monoisotopic (exact) mass is 470 g/mol. The fraction of sp³-hybridized carbons (Fsp3) is 0.300. The van der Waals surface area contributed by atoms with Crippen LogP contribution in [0.2, 0.25) is 0 Å². The lowest BCUT2D eigenvalue weighted by Gasteiger charge is -2.57. The zero-order valence-electron chi connectivity index (χ0n) is 19.8. The van der Waals surface area contributed by atoms with Crippen LogP contribution in [0.3, 0.4) is 0 Å². The Kier molecular flexibility index (Phi) is 7.07. The van der Waals surface area contributed by atoms with Crippen LogP contribution >= 0.6 is 0 Å². The van der Waals surface area contributed by atoms with Gasteiger partial charge in [-0.3, -0.25) is 9.69 Å². The highest BCUT2D eigenvalue weighted by molar-refractivity contribution is 5.94. The molecule has 0 radical (unpaired) electrons. The van der Waals surface area contributed by atoms with Gasteiger partial charge in [0.15, 0.2) is 0 Å². The van der Waals surface area contributed by atoms with E-state index in [2.05, 4.69) is 53.5 Å². The molecule has 2 aliphatic heterocycles. The summed E-state index contributed by atoms with van der Waals surface area (Å²) in [4.78, 5) is 17.4. The first-order valence-corrected chi connectivity index (χ1v) is 12.4. The molecule has 3 atom stereocenters. The minimum absolute atomic E-state index is 0.0509. The Hall–Kier alpha value is -3.28. The second-order valence-electron chi connectivity index (χ2n) is 9.46. The molecule has 0 saturated carbocycles. The van der Waals surface area contributed by atoms with Crippen molar-refractivity contribution in [3.8, 4) is 0 Å². The molecule has 2 aliphatic rings. The maximum atomic E-state index is 13.7. The summed E-state index contributed by atoms with van der Waals surface area (Å²) in [6.07, 6.45) is 6.07. The van der Waals surface area contributed by atoms with Crippen molar-refractivity contribution in [2.75, 3.05) is 26.2 Å². The summed E-state index contributed by atoms with van der Waals surface area (Å²) in [5.41, 5.74) is 3.85. The highest BCUT2D eigenvalue weighted by Gasteiger charge is 2.49. The Morgan fingerprint density at radius 1 is 0.914 bits per heavy atom. The molecule has 2 heterocycles. The zero-order valence-corrected chi connectivity index (χ0v) is 19.8. The van der Waals surface area contributed by atoms with Gasteiger partial charge in [0.2, 0.25) is 0 Å². The molecule has 5 heteroatoms. The summed E-state index contributed by atoms with van der Waals surface area (Å²) in [6.45, 7) is 2.26. The van der Waals surface area contributed by atoms with E-state index in [1.165, 1.54) is 17.7 Å². The summed E-state index contributed by atoms with van der Waals surface area (Å²) in [7, 11) is 0.